The number of hydrogen-bond donors (Lipinski definition) is 1. The Kier molecular flexibility index (Phi) is 3.99. The number of hydrogen-bond acceptors (Lipinski definition) is 3. The molecule has 0 saturated carbocycles. The summed E-state index contributed by atoms with van der Waals surface area (Å²) in [5, 5.41) is 9.49. The van der Waals surface area contributed by atoms with Gasteiger partial charge in [-0.3, -0.25) is 9.59 Å². The Labute approximate surface area is 101 Å². The fourth-order valence-electron chi connectivity index (χ4n) is 2.51. The van der Waals surface area contributed by atoms with Gasteiger partial charge in [-0.1, -0.05) is 0 Å². The molecule has 5 heteroatoms. The van der Waals surface area contributed by atoms with Gasteiger partial charge < -0.3 is 14.9 Å². The first kappa shape index (κ1) is 12.4. The monoisotopic (exact) mass is 240 g/mol. The van der Waals surface area contributed by atoms with E-state index < -0.39 is 0 Å². The molecule has 2 amide bonds. The van der Waals surface area contributed by atoms with E-state index in [0.717, 1.165) is 32.4 Å². The van der Waals surface area contributed by atoms with Gasteiger partial charge in [0.05, 0.1) is 6.10 Å². The van der Waals surface area contributed by atoms with Crippen LogP contribution in [0.25, 0.3) is 0 Å². The van der Waals surface area contributed by atoms with E-state index in [0.29, 0.717) is 25.9 Å². The van der Waals surface area contributed by atoms with Crippen molar-refractivity contribution in [1.29, 1.82) is 0 Å². The van der Waals surface area contributed by atoms with Crippen LogP contribution in [-0.2, 0) is 9.59 Å². The van der Waals surface area contributed by atoms with Gasteiger partial charge in [-0.2, -0.15) is 0 Å². The standard InChI is InChI=1S/C12H20N2O3/c15-10-3-1-7-14(9-10)12(17)5-8-13-6-2-4-11(13)16/h10,15H,1-9H2. The molecule has 2 aliphatic heterocycles. The first-order chi connectivity index (χ1) is 8.16. The minimum atomic E-state index is -0.374. The summed E-state index contributed by atoms with van der Waals surface area (Å²) in [6, 6.07) is 0. The highest BCUT2D eigenvalue weighted by Gasteiger charge is 2.24. The largest absolute Gasteiger partial charge is 0.391 e. The van der Waals surface area contributed by atoms with Crippen molar-refractivity contribution in [3.05, 3.63) is 0 Å². The second-order valence-corrected chi connectivity index (χ2v) is 4.87. The summed E-state index contributed by atoms with van der Waals surface area (Å²) < 4.78 is 0. The van der Waals surface area contributed by atoms with Gasteiger partial charge in [0.25, 0.3) is 0 Å². The quantitative estimate of drug-likeness (QED) is 0.754. The fourth-order valence-corrected chi connectivity index (χ4v) is 2.51. The molecule has 1 atom stereocenters. The van der Waals surface area contributed by atoms with E-state index in [1.807, 2.05) is 0 Å². The minimum Gasteiger partial charge on any atom is -0.391 e. The van der Waals surface area contributed by atoms with Crippen LogP contribution in [0.2, 0.25) is 0 Å². The van der Waals surface area contributed by atoms with Crippen LogP contribution in [0, 0.1) is 0 Å². The molecule has 2 rings (SSSR count). The number of aliphatic hydroxyl groups is 1. The van der Waals surface area contributed by atoms with Crippen molar-refractivity contribution in [2.75, 3.05) is 26.2 Å². The molecule has 0 aromatic rings. The van der Waals surface area contributed by atoms with E-state index >= 15 is 0 Å². The minimum absolute atomic E-state index is 0.0588. The molecule has 0 spiro atoms. The molecule has 1 N–H and O–H groups in total. The van der Waals surface area contributed by atoms with Crippen molar-refractivity contribution < 1.29 is 14.7 Å². The van der Waals surface area contributed by atoms with Gasteiger partial charge in [-0.25, -0.2) is 0 Å². The van der Waals surface area contributed by atoms with Crippen molar-refractivity contribution in [3.8, 4) is 0 Å². The fraction of sp³-hybridized carbons (Fsp3) is 0.833. The smallest absolute Gasteiger partial charge is 0.224 e. The van der Waals surface area contributed by atoms with E-state index in [1.165, 1.54) is 0 Å². The van der Waals surface area contributed by atoms with Crippen molar-refractivity contribution in [3.63, 3.8) is 0 Å². The molecule has 2 aliphatic rings. The number of carbonyl (C=O) groups excluding carboxylic acids is 2. The van der Waals surface area contributed by atoms with E-state index in [9.17, 15) is 14.7 Å². The number of nitrogens with zero attached hydrogens (tertiary/aromatic N) is 2. The van der Waals surface area contributed by atoms with Gasteiger partial charge in [0.2, 0.25) is 11.8 Å². The highest BCUT2D eigenvalue weighted by Crippen LogP contribution is 2.13. The summed E-state index contributed by atoms with van der Waals surface area (Å²) in [6.07, 6.45) is 3.20. The topological polar surface area (TPSA) is 60.9 Å². The molecule has 17 heavy (non-hydrogen) atoms. The Morgan fingerprint density at radius 3 is 2.82 bits per heavy atom. The Morgan fingerprint density at radius 2 is 2.18 bits per heavy atom. The Hall–Kier alpha value is -1.10. The van der Waals surface area contributed by atoms with E-state index in [1.54, 1.807) is 9.80 Å². The molecule has 2 fully saturated rings. The SMILES string of the molecule is O=C1CCCN1CCC(=O)N1CCCC(O)C1. The number of rotatable bonds is 3. The van der Waals surface area contributed by atoms with Gasteiger partial charge in [0.1, 0.15) is 0 Å². The van der Waals surface area contributed by atoms with E-state index in [4.69, 9.17) is 0 Å². The predicted molar refractivity (Wildman–Crippen MR) is 62.3 cm³/mol. The van der Waals surface area contributed by atoms with Crippen LogP contribution < -0.4 is 0 Å². The Bertz CT molecular complexity index is 306. The highest BCUT2D eigenvalue weighted by atomic mass is 16.3. The maximum atomic E-state index is 11.9. The second kappa shape index (κ2) is 5.49. The van der Waals surface area contributed by atoms with Gasteiger partial charge in [0.15, 0.2) is 0 Å². The normalized spacial score (nSPS) is 25.5. The first-order valence-electron chi connectivity index (χ1n) is 6.40. The van der Waals surface area contributed by atoms with Crippen LogP contribution >= 0.6 is 0 Å². The lowest BCUT2D eigenvalue weighted by molar-refractivity contribution is -0.135. The van der Waals surface area contributed by atoms with Crippen LogP contribution in [0.3, 0.4) is 0 Å². The molecule has 0 aromatic carbocycles. The average Bonchev–Trinajstić information content (AvgIpc) is 2.72. The number of likely N-dealkylation sites (tertiary alicyclic amines) is 2. The molecular weight excluding hydrogens is 220 g/mol. The molecule has 2 saturated heterocycles. The maximum absolute atomic E-state index is 11.9. The molecule has 96 valence electrons. The average molecular weight is 240 g/mol. The van der Waals surface area contributed by atoms with Crippen molar-refractivity contribution in [2.45, 2.75) is 38.2 Å². The van der Waals surface area contributed by atoms with Crippen molar-refractivity contribution >= 4 is 11.8 Å². The first-order valence-corrected chi connectivity index (χ1v) is 6.40. The molecule has 5 nitrogen and oxygen atoms in total. The highest BCUT2D eigenvalue weighted by molar-refractivity contribution is 5.80. The number of carbonyl (C=O) groups is 2. The van der Waals surface area contributed by atoms with Gasteiger partial charge in [0, 0.05) is 39.0 Å². The van der Waals surface area contributed by atoms with Crippen LogP contribution in [0.4, 0.5) is 0 Å². The number of piperidine rings is 1. The van der Waals surface area contributed by atoms with Crippen LogP contribution in [0.1, 0.15) is 32.1 Å². The lowest BCUT2D eigenvalue weighted by Gasteiger charge is -2.30. The van der Waals surface area contributed by atoms with Crippen LogP contribution in [0.15, 0.2) is 0 Å². The zero-order chi connectivity index (χ0) is 12.3. The van der Waals surface area contributed by atoms with Crippen LogP contribution in [-0.4, -0.2) is 59.0 Å². The molecule has 2 heterocycles. The molecule has 0 aromatic heterocycles. The van der Waals surface area contributed by atoms with Crippen LogP contribution in [0.5, 0.6) is 0 Å². The summed E-state index contributed by atoms with van der Waals surface area (Å²) in [4.78, 5) is 26.7. The number of β-amino-alcohol motifs (C(OH)–C–C–N with tert-alkyl or cyclic N) is 1. The number of aliphatic hydroxyl groups excluding tert-OH is 1. The summed E-state index contributed by atoms with van der Waals surface area (Å²) in [6.45, 7) is 2.51. The van der Waals surface area contributed by atoms with E-state index in [-0.39, 0.29) is 17.9 Å². The van der Waals surface area contributed by atoms with Crippen molar-refractivity contribution in [1.82, 2.24) is 9.80 Å². The molecule has 1 unspecified atom stereocenters. The maximum Gasteiger partial charge on any atom is 0.224 e. The predicted octanol–water partition coefficient (Wildman–Crippen LogP) is -0.0178. The summed E-state index contributed by atoms with van der Waals surface area (Å²) in [7, 11) is 0. The second-order valence-electron chi connectivity index (χ2n) is 4.87. The molecule has 0 aliphatic carbocycles. The Morgan fingerprint density at radius 1 is 1.35 bits per heavy atom. The third-order valence-corrected chi connectivity index (χ3v) is 3.52. The zero-order valence-corrected chi connectivity index (χ0v) is 10.1. The Balaban J connectivity index is 1.74. The van der Waals surface area contributed by atoms with Gasteiger partial charge in [-0.05, 0) is 19.3 Å². The van der Waals surface area contributed by atoms with Gasteiger partial charge >= 0.3 is 0 Å². The van der Waals surface area contributed by atoms with Gasteiger partial charge in [-0.15, -0.1) is 0 Å². The third-order valence-electron chi connectivity index (χ3n) is 3.52. The van der Waals surface area contributed by atoms with E-state index in [2.05, 4.69) is 0 Å². The number of amides is 2. The van der Waals surface area contributed by atoms with Crippen molar-refractivity contribution in [2.24, 2.45) is 0 Å². The zero-order valence-electron chi connectivity index (χ0n) is 10.1. The summed E-state index contributed by atoms with van der Waals surface area (Å²) >= 11 is 0. The third kappa shape index (κ3) is 3.19. The molecule has 0 radical (unpaired) electrons. The molecule has 0 bridgehead atoms. The summed E-state index contributed by atoms with van der Waals surface area (Å²) in [5.74, 6) is 0.222. The lowest BCUT2D eigenvalue weighted by atomic mass is 10.1. The lowest BCUT2D eigenvalue weighted by Crippen LogP contribution is -2.43. The molecular formula is C12H20N2O3. The summed E-state index contributed by atoms with van der Waals surface area (Å²) in [5.41, 5.74) is 0.